The second-order valence-corrected chi connectivity index (χ2v) is 11.3. The number of nitrogens with zero attached hydrogens (tertiary/aromatic N) is 4. The summed E-state index contributed by atoms with van der Waals surface area (Å²) < 4.78 is 14.3. The maximum atomic E-state index is 13.2. The molecule has 43 heavy (non-hydrogen) atoms. The Kier molecular flexibility index (Phi) is 6.19. The van der Waals surface area contributed by atoms with Gasteiger partial charge in [-0.2, -0.15) is 0 Å². The number of Topliss-reactive ketones (excluding diaryl/α,β-unsaturated/α-hetero) is 1. The van der Waals surface area contributed by atoms with Crippen molar-refractivity contribution in [2.75, 3.05) is 0 Å². The highest BCUT2D eigenvalue weighted by Crippen LogP contribution is 2.48. The van der Waals surface area contributed by atoms with Gasteiger partial charge in [-0.25, -0.2) is 4.68 Å². The Morgan fingerprint density at radius 3 is 2.77 bits per heavy atom. The van der Waals surface area contributed by atoms with Crippen LogP contribution in [0.5, 0.6) is 11.5 Å². The van der Waals surface area contributed by atoms with Gasteiger partial charge in [0.1, 0.15) is 29.6 Å². The predicted molar refractivity (Wildman–Crippen MR) is 165 cm³/mol. The lowest BCUT2D eigenvalue weighted by molar-refractivity contribution is -0.116. The number of rotatable bonds is 5. The van der Waals surface area contributed by atoms with Crippen LogP contribution in [0.3, 0.4) is 0 Å². The first-order valence-electron chi connectivity index (χ1n) is 14.3. The molecular formula is C35H25ClN4O3. The summed E-state index contributed by atoms with van der Waals surface area (Å²) in [6.45, 7) is 0.256. The van der Waals surface area contributed by atoms with E-state index in [-0.39, 0.29) is 18.3 Å². The number of aromatic nitrogens is 4. The van der Waals surface area contributed by atoms with E-state index in [0.29, 0.717) is 22.9 Å². The number of hydrogen-bond donors (Lipinski definition) is 0. The van der Waals surface area contributed by atoms with E-state index in [1.54, 1.807) is 10.9 Å². The van der Waals surface area contributed by atoms with Crippen LogP contribution < -0.4 is 9.47 Å². The number of hydrogen-bond acceptors (Lipinski definition) is 6. The van der Waals surface area contributed by atoms with Crippen molar-refractivity contribution in [3.8, 4) is 17.2 Å². The predicted octanol–water partition coefficient (Wildman–Crippen LogP) is 7.73. The van der Waals surface area contributed by atoms with Crippen LogP contribution in [0.2, 0.25) is 5.02 Å². The molecule has 2 aliphatic rings. The summed E-state index contributed by atoms with van der Waals surface area (Å²) in [4.78, 5) is 17.6. The van der Waals surface area contributed by atoms with Crippen LogP contribution >= 0.6 is 11.6 Å². The van der Waals surface area contributed by atoms with E-state index in [1.807, 2.05) is 66.9 Å². The molecule has 1 aliphatic heterocycles. The summed E-state index contributed by atoms with van der Waals surface area (Å²) in [6.07, 6.45) is 5.75. The minimum Gasteiger partial charge on any atom is -0.487 e. The van der Waals surface area contributed by atoms with Gasteiger partial charge in [0, 0.05) is 46.5 Å². The van der Waals surface area contributed by atoms with Gasteiger partial charge in [-0.1, -0.05) is 53.2 Å². The van der Waals surface area contributed by atoms with Crippen molar-refractivity contribution < 1.29 is 14.3 Å². The molecule has 0 N–H and O–H groups in total. The van der Waals surface area contributed by atoms with Crippen molar-refractivity contribution in [1.82, 2.24) is 20.0 Å². The summed E-state index contributed by atoms with van der Waals surface area (Å²) in [5.74, 6) is 2.36. The number of pyridine rings is 1. The first-order valence-corrected chi connectivity index (χ1v) is 14.6. The molecule has 1 atom stereocenters. The molecule has 3 heterocycles. The molecule has 4 aromatic carbocycles. The van der Waals surface area contributed by atoms with Gasteiger partial charge in [0.15, 0.2) is 5.78 Å². The van der Waals surface area contributed by atoms with Crippen LogP contribution in [0, 0.1) is 0 Å². The Morgan fingerprint density at radius 2 is 1.86 bits per heavy atom. The molecule has 0 saturated carbocycles. The van der Waals surface area contributed by atoms with E-state index in [2.05, 4.69) is 39.6 Å². The molecule has 1 unspecified atom stereocenters. The van der Waals surface area contributed by atoms with Crippen LogP contribution in [0.1, 0.15) is 42.0 Å². The molecule has 8 rings (SSSR count). The molecule has 0 bridgehead atoms. The molecule has 0 amide bonds. The molecule has 8 heteroatoms. The fourth-order valence-electron chi connectivity index (χ4n) is 6.16. The average Bonchev–Trinajstić information content (AvgIpc) is 3.51. The number of benzene rings is 4. The first-order chi connectivity index (χ1) is 21.1. The zero-order chi connectivity index (χ0) is 28.9. The van der Waals surface area contributed by atoms with Gasteiger partial charge in [-0.15, -0.1) is 5.10 Å². The topological polar surface area (TPSA) is 79.1 Å². The molecule has 0 spiro atoms. The third-order valence-electron chi connectivity index (χ3n) is 8.17. The number of ether oxygens (including phenoxy) is 2. The number of allylic oxidation sites excluding steroid dienone is 2. The molecule has 0 fully saturated rings. The van der Waals surface area contributed by atoms with Crippen molar-refractivity contribution in [1.29, 1.82) is 0 Å². The highest BCUT2D eigenvalue weighted by molar-refractivity contribution is 6.31. The van der Waals surface area contributed by atoms with Crippen LogP contribution in [-0.2, 0) is 11.4 Å². The Morgan fingerprint density at radius 1 is 0.953 bits per heavy atom. The molecule has 7 nitrogen and oxygen atoms in total. The Balaban J connectivity index is 1.09. The lowest BCUT2D eigenvalue weighted by Crippen LogP contribution is -2.25. The smallest absolute Gasteiger partial charge is 0.163 e. The maximum absolute atomic E-state index is 13.2. The number of ketones is 1. The molecular weight excluding hydrogens is 560 g/mol. The minimum atomic E-state index is -0.156. The quantitative estimate of drug-likeness (QED) is 0.206. The van der Waals surface area contributed by atoms with Crippen molar-refractivity contribution >= 4 is 39.1 Å². The summed E-state index contributed by atoms with van der Waals surface area (Å²) in [7, 11) is 0. The van der Waals surface area contributed by atoms with E-state index in [0.717, 1.165) is 68.4 Å². The van der Waals surface area contributed by atoms with Gasteiger partial charge in [-0.05, 0) is 71.3 Å². The molecule has 2 aromatic heterocycles. The highest BCUT2D eigenvalue weighted by Gasteiger charge is 2.36. The Labute approximate surface area is 252 Å². The second-order valence-electron chi connectivity index (χ2n) is 10.9. The maximum Gasteiger partial charge on any atom is 0.163 e. The number of fused-ring (bicyclic) bond motifs is 3. The average molecular weight is 585 g/mol. The second kappa shape index (κ2) is 10.4. The number of carbonyl (C=O) groups is 1. The molecule has 0 radical (unpaired) electrons. The number of carbonyl (C=O) groups excluding carboxylic acids is 1. The lowest BCUT2D eigenvalue weighted by Gasteiger charge is -2.33. The van der Waals surface area contributed by atoms with Crippen LogP contribution in [0.25, 0.3) is 27.4 Å². The van der Waals surface area contributed by atoms with Crippen LogP contribution in [-0.4, -0.2) is 25.8 Å². The van der Waals surface area contributed by atoms with E-state index in [4.69, 9.17) is 21.1 Å². The van der Waals surface area contributed by atoms with Gasteiger partial charge >= 0.3 is 0 Å². The summed E-state index contributed by atoms with van der Waals surface area (Å²) in [5.41, 5.74) is 5.23. The lowest BCUT2D eigenvalue weighted by atomic mass is 9.76. The van der Waals surface area contributed by atoms with Gasteiger partial charge < -0.3 is 9.47 Å². The molecule has 1 aliphatic carbocycles. The molecule has 210 valence electrons. The fraction of sp³-hybridized carbons (Fsp3) is 0.143. The largest absolute Gasteiger partial charge is 0.487 e. The van der Waals surface area contributed by atoms with E-state index in [1.165, 1.54) is 0 Å². The minimum absolute atomic E-state index is 0.156. The van der Waals surface area contributed by atoms with E-state index >= 15 is 0 Å². The number of halogens is 1. The van der Waals surface area contributed by atoms with Gasteiger partial charge in [0.2, 0.25) is 0 Å². The Bertz CT molecular complexity index is 2090. The Hall–Kier alpha value is -5.01. The third-order valence-corrected chi connectivity index (χ3v) is 8.41. The van der Waals surface area contributed by atoms with Crippen molar-refractivity contribution in [3.63, 3.8) is 0 Å². The van der Waals surface area contributed by atoms with E-state index in [9.17, 15) is 4.79 Å². The van der Waals surface area contributed by atoms with Crippen LogP contribution in [0.4, 0.5) is 0 Å². The van der Waals surface area contributed by atoms with Crippen LogP contribution in [0.15, 0.2) is 109 Å². The monoisotopic (exact) mass is 584 g/mol. The SMILES string of the molecule is O=C1CCCC2=C1C(c1ccccc1)c1cc3cc(OCc4cn(-c5ccnc6cc(Cl)ccc56)nn4)ccc3cc1O2. The van der Waals surface area contributed by atoms with Gasteiger partial charge in [0.05, 0.1) is 17.4 Å². The highest BCUT2D eigenvalue weighted by atomic mass is 35.5. The van der Waals surface area contributed by atoms with Crippen molar-refractivity contribution in [2.24, 2.45) is 0 Å². The molecule has 6 aromatic rings. The summed E-state index contributed by atoms with van der Waals surface area (Å²) in [6, 6.07) is 27.9. The first kappa shape index (κ1) is 25.7. The molecule has 0 saturated heterocycles. The van der Waals surface area contributed by atoms with Gasteiger partial charge in [-0.3, -0.25) is 9.78 Å². The van der Waals surface area contributed by atoms with Gasteiger partial charge in [0.25, 0.3) is 0 Å². The standard InChI is InChI=1S/C35H25ClN4O3/c36-24-10-12-27-29(18-24)37-14-13-30(27)40-19-25(38-39-40)20-42-26-11-9-22-17-33-28(16-23(22)15-26)34(21-5-2-1-3-6-21)35-31(41)7-4-8-32(35)43-33/h1-3,5-6,9-19,34H,4,7-8,20H2. The summed E-state index contributed by atoms with van der Waals surface area (Å²) >= 11 is 6.15. The third kappa shape index (κ3) is 4.62. The van der Waals surface area contributed by atoms with Crippen molar-refractivity contribution in [2.45, 2.75) is 31.8 Å². The normalized spacial score (nSPS) is 16.2. The van der Waals surface area contributed by atoms with E-state index < -0.39 is 0 Å². The fourth-order valence-corrected chi connectivity index (χ4v) is 6.33. The zero-order valence-electron chi connectivity index (χ0n) is 23.0. The summed E-state index contributed by atoms with van der Waals surface area (Å²) in [5, 5.41) is 12.3. The van der Waals surface area contributed by atoms with Crippen molar-refractivity contribution in [3.05, 3.63) is 130 Å². The zero-order valence-corrected chi connectivity index (χ0v) is 23.8.